The van der Waals surface area contributed by atoms with Crippen molar-refractivity contribution in [2.75, 3.05) is 5.32 Å². The Hall–Kier alpha value is -1.02. The summed E-state index contributed by atoms with van der Waals surface area (Å²) >= 11 is 5.65. The zero-order chi connectivity index (χ0) is 7.14. The van der Waals surface area contributed by atoms with Crippen molar-refractivity contribution in [3.05, 3.63) is 28.8 Å². The van der Waals surface area contributed by atoms with Crippen LogP contribution < -0.4 is 5.32 Å². The molecule has 1 aromatic rings. The Morgan fingerprint density at radius 1 is 1.40 bits per heavy atom. The van der Waals surface area contributed by atoms with E-state index in [2.05, 4.69) is 5.32 Å². The quantitative estimate of drug-likeness (QED) is 0.606. The first-order valence-electron chi connectivity index (χ1n) is 2.88. The second-order valence-electron chi connectivity index (χ2n) is 2.14. The van der Waals surface area contributed by atoms with E-state index in [-0.39, 0.29) is 5.91 Å². The van der Waals surface area contributed by atoms with Crippen molar-refractivity contribution in [2.24, 2.45) is 0 Å². The highest BCUT2D eigenvalue weighted by molar-refractivity contribution is 6.32. The van der Waals surface area contributed by atoms with Gasteiger partial charge in [-0.15, -0.1) is 0 Å². The Labute approximate surface area is 62.8 Å². The van der Waals surface area contributed by atoms with E-state index in [4.69, 9.17) is 11.6 Å². The largest absolute Gasteiger partial charge is 0.321 e. The average Bonchev–Trinajstić information content (AvgIpc) is 1.86. The zero-order valence-electron chi connectivity index (χ0n) is 5.02. The predicted octanol–water partition coefficient (Wildman–Crippen LogP) is 1.91. The highest BCUT2D eigenvalue weighted by Crippen LogP contribution is 2.28. The monoisotopic (exact) mass is 153 g/mol. The minimum absolute atomic E-state index is 0.0216. The van der Waals surface area contributed by atoms with Gasteiger partial charge in [0.05, 0.1) is 11.3 Å². The summed E-state index contributed by atoms with van der Waals surface area (Å²) < 4.78 is 0. The molecule has 0 unspecified atom stereocenters. The standard InChI is InChI=1S/C7H4ClNO/c8-4-1-2-5-6(3-4)9-7(5)10/h1-3H,(H,9,10). The summed E-state index contributed by atoms with van der Waals surface area (Å²) in [4.78, 5) is 10.7. The van der Waals surface area contributed by atoms with Gasteiger partial charge in [0.1, 0.15) is 0 Å². The first kappa shape index (κ1) is 5.74. The van der Waals surface area contributed by atoms with Crippen molar-refractivity contribution in [2.45, 2.75) is 0 Å². The molecule has 2 nitrogen and oxygen atoms in total. The molecule has 3 heteroatoms. The number of nitrogens with one attached hydrogen (secondary N) is 1. The predicted molar refractivity (Wildman–Crippen MR) is 39.4 cm³/mol. The highest BCUT2D eigenvalue weighted by atomic mass is 35.5. The van der Waals surface area contributed by atoms with Gasteiger partial charge in [0, 0.05) is 5.02 Å². The Balaban J connectivity index is 2.59. The van der Waals surface area contributed by atoms with Crippen molar-refractivity contribution < 1.29 is 4.79 Å². The lowest BCUT2D eigenvalue weighted by Crippen LogP contribution is -2.24. The lowest BCUT2D eigenvalue weighted by atomic mass is 10.1. The molecule has 1 aliphatic rings. The molecule has 0 saturated carbocycles. The van der Waals surface area contributed by atoms with E-state index in [9.17, 15) is 4.79 Å². The fraction of sp³-hybridized carbons (Fsp3) is 0. The van der Waals surface area contributed by atoms with Gasteiger partial charge in [0.2, 0.25) is 0 Å². The molecule has 0 atom stereocenters. The first-order chi connectivity index (χ1) is 4.77. The SMILES string of the molecule is O=C1Nc2cc(Cl)ccc21. The van der Waals surface area contributed by atoms with Gasteiger partial charge in [-0.2, -0.15) is 0 Å². The molecule has 50 valence electrons. The summed E-state index contributed by atoms with van der Waals surface area (Å²) in [6.45, 7) is 0. The normalized spacial score (nSPS) is 13.5. The molecule has 0 radical (unpaired) electrons. The molecule has 0 saturated heterocycles. The molecular formula is C7H4ClNO. The summed E-state index contributed by atoms with van der Waals surface area (Å²) in [7, 11) is 0. The lowest BCUT2D eigenvalue weighted by molar-refractivity contribution is 0.101. The summed E-state index contributed by atoms with van der Waals surface area (Å²) in [5.41, 5.74) is 1.56. The number of rotatable bonds is 0. The van der Waals surface area contributed by atoms with Crippen LogP contribution in [0.1, 0.15) is 10.4 Å². The van der Waals surface area contributed by atoms with Gasteiger partial charge in [0.15, 0.2) is 0 Å². The first-order valence-corrected chi connectivity index (χ1v) is 3.26. The van der Waals surface area contributed by atoms with Crippen molar-refractivity contribution in [1.82, 2.24) is 0 Å². The third kappa shape index (κ3) is 0.625. The number of hydrogen-bond acceptors (Lipinski definition) is 1. The second-order valence-corrected chi connectivity index (χ2v) is 2.58. The molecule has 1 N–H and O–H groups in total. The number of fused-ring (bicyclic) bond motifs is 1. The summed E-state index contributed by atoms with van der Waals surface area (Å²) in [6.07, 6.45) is 0. The Bertz CT molecular complexity index is 308. The summed E-state index contributed by atoms with van der Waals surface area (Å²) in [5, 5.41) is 3.26. The summed E-state index contributed by atoms with van der Waals surface area (Å²) in [6, 6.07) is 5.16. The van der Waals surface area contributed by atoms with Gasteiger partial charge in [-0.05, 0) is 18.2 Å². The second kappa shape index (κ2) is 1.73. The fourth-order valence-electron chi connectivity index (χ4n) is 0.945. The van der Waals surface area contributed by atoms with Crippen LogP contribution in [0.2, 0.25) is 5.02 Å². The number of carbonyl (C=O) groups is 1. The van der Waals surface area contributed by atoms with Crippen LogP contribution in [0, 0.1) is 0 Å². The Morgan fingerprint density at radius 3 is 2.80 bits per heavy atom. The van der Waals surface area contributed by atoms with Crippen LogP contribution in [-0.4, -0.2) is 5.91 Å². The summed E-state index contributed by atoms with van der Waals surface area (Å²) in [5.74, 6) is -0.0216. The van der Waals surface area contributed by atoms with E-state index >= 15 is 0 Å². The minimum atomic E-state index is -0.0216. The minimum Gasteiger partial charge on any atom is -0.321 e. The van der Waals surface area contributed by atoms with Crippen LogP contribution >= 0.6 is 11.6 Å². The van der Waals surface area contributed by atoms with Crippen LogP contribution in [0.3, 0.4) is 0 Å². The number of benzene rings is 1. The van der Waals surface area contributed by atoms with Crippen LogP contribution in [0.5, 0.6) is 0 Å². The number of hydrogen-bond donors (Lipinski definition) is 1. The van der Waals surface area contributed by atoms with E-state index in [0.29, 0.717) is 5.02 Å². The molecular weight excluding hydrogens is 150 g/mol. The van der Waals surface area contributed by atoms with Crippen LogP contribution in [-0.2, 0) is 0 Å². The van der Waals surface area contributed by atoms with Crippen molar-refractivity contribution in [3.63, 3.8) is 0 Å². The highest BCUT2D eigenvalue weighted by Gasteiger charge is 2.21. The van der Waals surface area contributed by atoms with Gasteiger partial charge in [0.25, 0.3) is 5.91 Å². The van der Waals surface area contributed by atoms with Crippen LogP contribution in [0.25, 0.3) is 0 Å². The molecule has 0 aliphatic carbocycles. The van der Waals surface area contributed by atoms with Crippen molar-refractivity contribution in [1.29, 1.82) is 0 Å². The maximum Gasteiger partial charge on any atom is 0.257 e. The number of carbonyl (C=O) groups excluding carboxylic acids is 1. The Kier molecular flexibility index (Phi) is 0.995. The number of halogens is 1. The van der Waals surface area contributed by atoms with Crippen molar-refractivity contribution in [3.8, 4) is 0 Å². The van der Waals surface area contributed by atoms with Crippen LogP contribution in [0.15, 0.2) is 18.2 Å². The number of anilines is 1. The molecule has 0 fully saturated rings. The molecule has 10 heavy (non-hydrogen) atoms. The van der Waals surface area contributed by atoms with Gasteiger partial charge in [-0.25, -0.2) is 0 Å². The third-order valence-corrected chi connectivity index (χ3v) is 1.71. The van der Waals surface area contributed by atoms with E-state index in [1.807, 2.05) is 0 Å². The molecule has 1 aliphatic heterocycles. The van der Waals surface area contributed by atoms with E-state index < -0.39 is 0 Å². The molecule has 1 aromatic carbocycles. The third-order valence-electron chi connectivity index (χ3n) is 1.47. The average molecular weight is 154 g/mol. The molecule has 1 heterocycles. The van der Waals surface area contributed by atoms with Gasteiger partial charge >= 0.3 is 0 Å². The maximum atomic E-state index is 10.7. The topological polar surface area (TPSA) is 29.1 Å². The van der Waals surface area contributed by atoms with Gasteiger partial charge in [-0.1, -0.05) is 11.6 Å². The zero-order valence-corrected chi connectivity index (χ0v) is 5.77. The Morgan fingerprint density at radius 2 is 2.20 bits per heavy atom. The van der Waals surface area contributed by atoms with E-state index in [0.717, 1.165) is 11.3 Å². The number of amides is 1. The molecule has 0 spiro atoms. The molecule has 1 amide bonds. The van der Waals surface area contributed by atoms with E-state index in [1.54, 1.807) is 18.2 Å². The molecule has 2 rings (SSSR count). The van der Waals surface area contributed by atoms with Gasteiger partial charge < -0.3 is 5.32 Å². The van der Waals surface area contributed by atoms with Gasteiger partial charge in [-0.3, -0.25) is 4.79 Å². The molecule has 0 bridgehead atoms. The lowest BCUT2D eigenvalue weighted by Gasteiger charge is -2.18. The fourth-order valence-corrected chi connectivity index (χ4v) is 1.12. The van der Waals surface area contributed by atoms with Crippen molar-refractivity contribution >= 4 is 23.2 Å². The van der Waals surface area contributed by atoms with E-state index in [1.165, 1.54) is 0 Å². The molecule has 0 aromatic heterocycles. The smallest absolute Gasteiger partial charge is 0.257 e. The van der Waals surface area contributed by atoms with Crippen LogP contribution in [0.4, 0.5) is 5.69 Å². The maximum absolute atomic E-state index is 10.7.